The molecule has 0 saturated heterocycles. The van der Waals surface area contributed by atoms with Gasteiger partial charge in [0, 0.05) is 5.02 Å². The van der Waals surface area contributed by atoms with Crippen LogP contribution >= 0.6 is 23.2 Å². The van der Waals surface area contributed by atoms with Gasteiger partial charge in [-0.05, 0) is 30.7 Å². The fourth-order valence-corrected chi connectivity index (χ4v) is 1.70. The largest absolute Gasteiger partial charge is 0.220 e. The van der Waals surface area contributed by atoms with Gasteiger partial charge in [-0.15, -0.1) is 16.7 Å². The summed E-state index contributed by atoms with van der Waals surface area (Å²) < 4.78 is 1.70. The molecule has 0 N–H and O–H groups in total. The lowest BCUT2D eigenvalue weighted by Gasteiger charge is -2.04. The molecule has 0 aliphatic rings. The summed E-state index contributed by atoms with van der Waals surface area (Å²) in [6.45, 7) is 1.98. The van der Waals surface area contributed by atoms with Crippen LogP contribution in [0, 0.1) is 6.92 Å². The first-order valence-corrected chi connectivity index (χ1v) is 5.35. The number of hydrogen-bond donors (Lipinski definition) is 0. The standard InChI is InChI=1S/C10H9Cl2N3/c1-7-4-8(12)2-3-10(7)15-6-9(5-11)13-14-15/h2-4,6H,5H2,1H3. The Balaban J connectivity index is 2.44. The van der Waals surface area contributed by atoms with Crippen molar-refractivity contribution >= 4 is 23.2 Å². The van der Waals surface area contributed by atoms with Crippen molar-refractivity contribution in [1.82, 2.24) is 15.0 Å². The number of aromatic nitrogens is 3. The Hall–Kier alpha value is -1.06. The zero-order chi connectivity index (χ0) is 10.8. The molecule has 0 unspecified atom stereocenters. The van der Waals surface area contributed by atoms with E-state index in [2.05, 4.69) is 10.3 Å². The monoisotopic (exact) mass is 241 g/mol. The highest BCUT2D eigenvalue weighted by Gasteiger charge is 2.04. The normalized spacial score (nSPS) is 10.6. The number of alkyl halides is 1. The number of rotatable bonds is 2. The van der Waals surface area contributed by atoms with Crippen molar-refractivity contribution in [2.75, 3.05) is 0 Å². The molecular weight excluding hydrogens is 233 g/mol. The van der Waals surface area contributed by atoms with Crippen molar-refractivity contribution in [2.45, 2.75) is 12.8 Å². The molecule has 0 aliphatic heterocycles. The molecule has 0 saturated carbocycles. The first-order valence-electron chi connectivity index (χ1n) is 4.44. The molecule has 78 valence electrons. The lowest BCUT2D eigenvalue weighted by molar-refractivity contribution is 0.796. The van der Waals surface area contributed by atoms with E-state index in [1.54, 1.807) is 4.68 Å². The van der Waals surface area contributed by atoms with Crippen LogP contribution in [-0.2, 0) is 5.88 Å². The molecule has 15 heavy (non-hydrogen) atoms. The minimum Gasteiger partial charge on any atom is -0.220 e. The van der Waals surface area contributed by atoms with Gasteiger partial charge in [0.1, 0.15) is 0 Å². The number of benzene rings is 1. The van der Waals surface area contributed by atoms with Crippen LogP contribution in [-0.4, -0.2) is 15.0 Å². The van der Waals surface area contributed by atoms with Crippen LogP contribution in [0.1, 0.15) is 11.3 Å². The Morgan fingerprint density at radius 2 is 2.20 bits per heavy atom. The van der Waals surface area contributed by atoms with Crippen LogP contribution in [0.3, 0.4) is 0 Å². The molecule has 0 bridgehead atoms. The lowest BCUT2D eigenvalue weighted by Crippen LogP contribution is -1.97. The average Bonchev–Trinajstić information content (AvgIpc) is 2.66. The van der Waals surface area contributed by atoms with E-state index < -0.39 is 0 Å². The number of halogens is 2. The second-order valence-corrected chi connectivity index (χ2v) is 3.92. The predicted octanol–water partition coefficient (Wildman–Crippen LogP) is 2.97. The van der Waals surface area contributed by atoms with Gasteiger partial charge in [-0.3, -0.25) is 0 Å². The molecule has 0 aliphatic carbocycles. The zero-order valence-corrected chi connectivity index (χ0v) is 9.63. The summed E-state index contributed by atoms with van der Waals surface area (Å²) in [5, 5.41) is 8.63. The summed E-state index contributed by atoms with van der Waals surface area (Å²) in [6.07, 6.45) is 1.81. The van der Waals surface area contributed by atoms with E-state index in [1.807, 2.05) is 31.3 Å². The highest BCUT2D eigenvalue weighted by molar-refractivity contribution is 6.30. The van der Waals surface area contributed by atoms with Gasteiger partial charge >= 0.3 is 0 Å². The minimum atomic E-state index is 0.368. The molecule has 0 fully saturated rings. The third kappa shape index (κ3) is 2.13. The molecule has 1 aromatic carbocycles. The summed E-state index contributed by atoms with van der Waals surface area (Å²) in [4.78, 5) is 0. The smallest absolute Gasteiger partial charge is 0.0979 e. The molecule has 1 heterocycles. The Kier molecular flexibility index (Phi) is 2.93. The van der Waals surface area contributed by atoms with Crippen molar-refractivity contribution < 1.29 is 0 Å². The van der Waals surface area contributed by atoms with Gasteiger partial charge in [-0.2, -0.15) is 0 Å². The number of nitrogens with zero attached hydrogens (tertiary/aromatic N) is 3. The SMILES string of the molecule is Cc1cc(Cl)ccc1-n1cc(CCl)nn1. The van der Waals surface area contributed by atoms with E-state index in [0.717, 1.165) is 16.9 Å². The van der Waals surface area contributed by atoms with E-state index in [-0.39, 0.29) is 0 Å². The van der Waals surface area contributed by atoms with Crippen LogP contribution < -0.4 is 0 Å². The van der Waals surface area contributed by atoms with Crippen molar-refractivity contribution in [3.63, 3.8) is 0 Å². The van der Waals surface area contributed by atoms with Crippen LogP contribution in [0.2, 0.25) is 5.02 Å². The fourth-order valence-electron chi connectivity index (χ4n) is 1.35. The summed E-state index contributed by atoms with van der Waals surface area (Å²) in [5.74, 6) is 0.368. The molecule has 5 heteroatoms. The van der Waals surface area contributed by atoms with Crippen LogP contribution in [0.25, 0.3) is 5.69 Å². The first-order chi connectivity index (χ1) is 7.20. The molecule has 3 nitrogen and oxygen atoms in total. The number of aryl methyl sites for hydroxylation is 1. The third-order valence-corrected chi connectivity index (χ3v) is 2.59. The highest BCUT2D eigenvalue weighted by atomic mass is 35.5. The summed E-state index contributed by atoms with van der Waals surface area (Å²) in [5.41, 5.74) is 2.77. The van der Waals surface area contributed by atoms with Gasteiger partial charge in [0.05, 0.1) is 23.5 Å². The maximum Gasteiger partial charge on any atom is 0.0979 e. The Bertz CT molecular complexity index is 479. The quantitative estimate of drug-likeness (QED) is 0.758. The summed E-state index contributed by atoms with van der Waals surface area (Å²) >= 11 is 11.5. The fraction of sp³-hybridized carbons (Fsp3) is 0.200. The predicted molar refractivity (Wildman–Crippen MR) is 60.7 cm³/mol. The van der Waals surface area contributed by atoms with E-state index in [0.29, 0.717) is 10.9 Å². The maximum absolute atomic E-state index is 5.87. The van der Waals surface area contributed by atoms with Crippen LogP contribution in [0.5, 0.6) is 0 Å². The molecule has 0 atom stereocenters. The van der Waals surface area contributed by atoms with Gasteiger partial charge in [0.25, 0.3) is 0 Å². The van der Waals surface area contributed by atoms with Gasteiger partial charge in [-0.25, -0.2) is 4.68 Å². The second-order valence-electron chi connectivity index (χ2n) is 3.22. The molecule has 1 aromatic heterocycles. The van der Waals surface area contributed by atoms with E-state index in [1.165, 1.54) is 0 Å². The van der Waals surface area contributed by atoms with Crippen LogP contribution in [0.4, 0.5) is 0 Å². The Morgan fingerprint density at radius 3 is 2.80 bits per heavy atom. The minimum absolute atomic E-state index is 0.368. The summed E-state index contributed by atoms with van der Waals surface area (Å²) in [7, 11) is 0. The van der Waals surface area contributed by atoms with E-state index in [4.69, 9.17) is 23.2 Å². The lowest BCUT2D eigenvalue weighted by atomic mass is 10.2. The van der Waals surface area contributed by atoms with Crippen molar-refractivity contribution in [2.24, 2.45) is 0 Å². The Morgan fingerprint density at radius 1 is 1.40 bits per heavy atom. The Labute approximate surface area is 97.6 Å². The molecule has 0 amide bonds. The van der Waals surface area contributed by atoms with E-state index >= 15 is 0 Å². The van der Waals surface area contributed by atoms with Crippen molar-refractivity contribution in [3.05, 3.63) is 40.7 Å². The molecule has 2 aromatic rings. The van der Waals surface area contributed by atoms with Gasteiger partial charge in [0.15, 0.2) is 0 Å². The average molecular weight is 242 g/mol. The maximum atomic E-state index is 5.87. The molecule has 0 radical (unpaired) electrons. The topological polar surface area (TPSA) is 30.7 Å². The highest BCUT2D eigenvalue weighted by Crippen LogP contribution is 2.18. The van der Waals surface area contributed by atoms with Gasteiger partial charge in [-0.1, -0.05) is 16.8 Å². The third-order valence-electron chi connectivity index (χ3n) is 2.08. The summed E-state index contributed by atoms with van der Waals surface area (Å²) in [6, 6.07) is 5.62. The number of hydrogen-bond acceptors (Lipinski definition) is 2. The van der Waals surface area contributed by atoms with Crippen molar-refractivity contribution in [1.29, 1.82) is 0 Å². The first kappa shape index (κ1) is 10.5. The van der Waals surface area contributed by atoms with Crippen LogP contribution in [0.15, 0.2) is 24.4 Å². The zero-order valence-electron chi connectivity index (χ0n) is 8.11. The van der Waals surface area contributed by atoms with Crippen molar-refractivity contribution in [3.8, 4) is 5.69 Å². The molecular formula is C10H9Cl2N3. The van der Waals surface area contributed by atoms with E-state index in [9.17, 15) is 0 Å². The molecule has 0 spiro atoms. The second kappa shape index (κ2) is 4.21. The van der Waals surface area contributed by atoms with Gasteiger partial charge in [0.2, 0.25) is 0 Å². The van der Waals surface area contributed by atoms with Gasteiger partial charge < -0.3 is 0 Å². The molecule has 2 rings (SSSR count).